The molecule has 0 spiro atoms. The maximum Gasteiger partial charge on any atom is 0.336 e. The average Bonchev–Trinajstić information content (AvgIpc) is 2.36. The molecule has 0 heterocycles. The first-order valence-corrected chi connectivity index (χ1v) is 5.68. The number of esters is 3. The Bertz CT molecular complexity index is 444. The fraction of sp³-hybridized carbons (Fsp3) is 0.357. The van der Waals surface area contributed by atoms with Gasteiger partial charge in [-0.3, -0.25) is 0 Å². The maximum atomic E-state index is 11.4. The van der Waals surface area contributed by atoms with E-state index in [4.69, 9.17) is 9.47 Å². The van der Waals surface area contributed by atoms with Crippen LogP contribution in [0.3, 0.4) is 0 Å². The third kappa shape index (κ3) is 5.99. The van der Waals surface area contributed by atoms with E-state index in [0.29, 0.717) is 0 Å². The van der Waals surface area contributed by atoms with Gasteiger partial charge >= 0.3 is 17.9 Å². The standard InChI is InChI=1S/C14H18O6/c1-8(2)12(15)19-11(20-13(16)9(3)4)7-10(5)14(17)18-6/h7,11H,1,3H2,2,4-6H3. The van der Waals surface area contributed by atoms with Crippen molar-refractivity contribution in [2.75, 3.05) is 7.11 Å². The predicted octanol–water partition coefficient (Wildman–Crippen LogP) is 1.67. The van der Waals surface area contributed by atoms with Gasteiger partial charge in [-0.05, 0) is 20.8 Å². The SMILES string of the molecule is C=C(C)C(=O)OC(C=C(C)C(=O)OC)OC(=O)C(=C)C. The molecule has 0 fully saturated rings. The first-order chi connectivity index (χ1) is 9.18. The molecule has 0 aromatic rings. The fourth-order valence-corrected chi connectivity index (χ4v) is 0.937. The third-order valence-electron chi connectivity index (χ3n) is 2.04. The van der Waals surface area contributed by atoms with E-state index in [2.05, 4.69) is 17.9 Å². The van der Waals surface area contributed by atoms with E-state index in [9.17, 15) is 14.4 Å². The van der Waals surface area contributed by atoms with Gasteiger partial charge in [0.05, 0.1) is 7.11 Å². The van der Waals surface area contributed by atoms with Gasteiger partial charge in [0.2, 0.25) is 0 Å². The summed E-state index contributed by atoms with van der Waals surface area (Å²) in [4.78, 5) is 34.2. The van der Waals surface area contributed by atoms with E-state index in [1.807, 2.05) is 0 Å². The molecule has 6 heteroatoms. The summed E-state index contributed by atoms with van der Waals surface area (Å²) >= 11 is 0. The Kier molecular flexibility index (Phi) is 6.99. The van der Waals surface area contributed by atoms with Crippen LogP contribution in [0.4, 0.5) is 0 Å². The topological polar surface area (TPSA) is 78.9 Å². The molecule has 0 rings (SSSR count). The van der Waals surface area contributed by atoms with E-state index in [0.717, 1.165) is 6.08 Å². The molecule has 20 heavy (non-hydrogen) atoms. The van der Waals surface area contributed by atoms with Crippen LogP contribution in [0, 0.1) is 0 Å². The van der Waals surface area contributed by atoms with Gasteiger partial charge in [-0.15, -0.1) is 0 Å². The zero-order chi connectivity index (χ0) is 15.9. The lowest BCUT2D eigenvalue weighted by molar-refractivity contribution is -0.174. The van der Waals surface area contributed by atoms with Crippen molar-refractivity contribution in [1.29, 1.82) is 0 Å². The summed E-state index contributed by atoms with van der Waals surface area (Å²) in [5, 5.41) is 0. The number of carbonyl (C=O) groups is 3. The second-order valence-corrected chi connectivity index (χ2v) is 4.08. The lowest BCUT2D eigenvalue weighted by Gasteiger charge is -2.16. The number of carbonyl (C=O) groups excluding carboxylic acids is 3. The van der Waals surface area contributed by atoms with Crippen LogP contribution in [0.1, 0.15) is 20.8 Å². The third-order valence-corrected chi connectivity index (χ3v) is 2.04. The van der Waals surface area contributed by atoms with Gasteiger partial charge in [0.25, 0.3) is 6.29 Å². The highest BCUT2D eigenvalue weighted by Crippen LogP contribution is 2.09. The summed E-state index contributed by atoms with van der Waals surface area (Å²) in [5.41, 5.74) is 0.387. The molecule has 110 valence electrons. The summed E-state index contributed by atoms with van der Waals surface area (Å²) in [6, 6.07) is 0. The molecular formula is C14H18O6. The molecule has 6 nitrogen and oxygen atoms in total. The van der Waals surface area contributed by atoms with Crippen LogP contribution in [0.2, 0.25) is 0 Å². The molecule has 0 aliphatic heterocycles. The number of ether oxygens (including phenoxy) is 3. The zero-order valence-electron chi connectivity index (χ0n) is 12.0. The highest BCUT2D eigenvalue weighted by atomic mass is 16.7. The van der Waals surface area contributed by atoms with Crippen molar-refractivity contribution in [1.82, 2.24) is 0 Å². The molecule has 0 atom stereocenters. The van der Waals surface area contributed by atoms with Crippen molar-refractivity contribution < 1.29 is 28.6 Å². The van der Waals surface area contributed by atoms with Crippen LogP contribution in [-0.4, -0.2) is 31.3 Å². The van der Waals surface area contributed by atoms with Gasteiger partial charge < -0.3 is 14.2 Å². The van der Waals surface area contributed by atoms with Crippen LogP contribution >= 0.6 is 0 Å². The fourth-order valence-electron chi connectivity index (χ4n) is 0.937. The molecule has 0 radical (unpaired) electrons. The molecular weight excluding hydrogens is 264 g/mol. The molecule has 0 aromatic carbocycles. The number of methoxy groups -OCH3 is 1. The Morgan fingerprint density at radius 1 is 0.900 bits per heavy atom. The molecule has 0 aliphatic carbocycles. The maximum absolute atomic E-state index is 11.4. The van der Waals surface area contributed by atoms with Crippen molar-refractivity contribution in [3.8, 4) is 0 Å². The Balaban J connectivity index is 5.10. The van der Waals surface area contributed by atoms with E-state index in [1.165, 1.54) is 27.9 Å². The number of hydrogen-bond donors (Lipinski definition) is 0. The Labute approximate surface area is 117 Å². The average molecular weight is 282 g/mol. The van der Waals surface area contributed by atoms with E-state index in [-0.39, 0.29) is 16.7 Å². The van der Waals surface area contributed by atoms with Crippen LogP contribution < -0.4 is 0 Å². The molecule has 0 amide bonds. The summed E-state index contributed by atoms with van der Waals surface area (Å²) in [5.74, 6) is -2.13. The van der Waals surface area contributed by atoms with Crippen LogP contribution in [0.25, 0.3) is 0 Å². The smallest absolute Gasteiger partial charge is 0.336 e. The van der Waals surface area contributed by atoms with Gasteiger partial charge in [0.1, 0.15) is 0 Å². The summed E-state index contributed by atoms with van der Waals surface area (Å²) in [7, 11) is 1.20. The molecule has 0 N–H and O–H groups in total. The molecule has 0 bridgehead atoms. The van der Waals surface area contributed by atoms with Crippen molar-refractivity contribution in [2.24, 2.45) is 0 Å². The molecule has 0 saturated carbocycles. The Morgan fingerprint density at radius 2 is 1.30 bits per heavy atom. The van der Waals surface area contributed by atoms with Crippen LogP contribution in [0.15, 0.2) is 36.0 Å². The van der Waals surface area contributed by atoms with Gasteiger partial charge in [-0.1, -0.05) is 13.2 Å². The number of rotatable bonds is 6. The quantitative estimate of drug-likeness (QED) is 0.419. The van der Waals surface area contributed by atoms with Gasteiger partial charge in [-0.25, -0.2) is 14.4 Å². The molecule has 0 aliphatic rings. The van der Waals surface area contributed by atoms with E-state index in [1.54, 1.807) is 0 Å². The normalized spacial score (nSPS) is 10.8. The first-order valence-electron chi connectivity index (χ1n) is 5.68. The lowest BCUT2D eigenvalue weighted by Crippen LogP contribution is -2.24. The second kappa shape index (κ2) is 7.93. The van der Waals surface area contributed by atoms with Crippen molar-refractivity contribution in [3.63, 3.8) is 0 Å². The molecule has 0 aromatic heterocycles. The largest absolute Gasteiger partial charge is 0.466 e. The van der Waals surface area contributed by atoms with Crippen LogP contribution in [-0.2, 0) is 28.6 Å². The lowest BCUT2D eigenvalue weighted by atomic mass is 10.3. The summed E-state index contributed by atoms with van der Waals surface area (Å²) in [6.45, 7) is 11.1. The highest BCUT2D eigenvalue weighted by molar-refractivity contribution is 5.90. The van der Waals surface area contributed by atoms with Crippen molar-refractivity contribution in [2.45, 2.75) is 27.1 Å². The zero-order valence-corrected chi connectivity index (χ0v) is 12.0. The first kappa shape index (κ1) is 17.6. The van der Waals surface area contributed by atoms with E-state index >= 15 is 0 Å². The predicted molar refractivity (Wildman–Crippen MR) is 71.4 cm³/mol. The Hall–Kier alpha value is -2.37. The van der Waals surface area contributed by atoms with Gasteiger partial charge in [0, 0.05) is 22.8 Å². The second-order valence-electron chi connectivity index (χ2n) is 4.08. The Morgan fingerprint density at radius 3 is 1.60 bits per heavy atom. The van der Waals surface area contributed by atoms with E-state index < -0.39 is 24.2 Å². The minimum atomic E-state index is -1.36. The van der Waals surface area contributed by atoms with Crippen molar-refractivity contribution >= 4 is 17.9 Å². The molecule has 0 saturated heterocycles. The highest BCUT2D eigenvalue weighted by Gasteiger charge is 2.19. The minimum Gasteiger partial charge on any atom is -0.466 e. The van der Waals surface area contributed by atoms with Crippen LogP contribution in [0.5, 0.6) is 0 Å². The van der Waals surface area contributed by atoms with Gasteiger partial charge in [-0.2, -0.15) is 0 Å². The monoisotopic (exact) mass is 282 g/mol. The minimum absolute atomic E-state index is 0.126. The van der Waals surface area contributed by atoms with Gasteiger partial charge in [0.15, 0.2) is 0 Å². The summed E-state index contributed by atoms with van der Waals surface area (Å²) < 4.78 is 14.3. The number of hydrogen-bond acceptors (Lipinski definition) is 6. The van der Waals surface area contributed by atoms with Crippen molar-refractivity contribution in [3.05, 3.63) is 36.0 Å². The molecule has 0 unspecified atom stereocenters. The summed E-state index contributed by atoms with van der Waals surface area (Å²) in [6.07, 6.45) is -0.199.